The number of ether oxygens (including phenoxy) is 4. The fourth-order valence-electron chi connectivity index (χ4n) is 9.06. The molecule has 7 amide bonds. The Morgan fingerprint density at radius 1 is 0.730 bits per heavy atom. The number of nitrogens with one attached hydrogen (secondary N) is 5. The van der Waals surface area contributed by atoms with E-state index in [4.69, 9.17) is 29.7 Å². The molecule has 4 heterocycles. The predicted octanol–water partition coefficient (Wildman–Crippen LogP) is 2.34. The third-order valence-electron chi connectivity index (χ3n) is 13.3. The third kappa shape index (κ3) is 20.2. The van der Waals surface area contributed by atoms with Gasteiger partial charge in [-0.25, -0.2) is 4.98 Å². The number of nitrogens with two attached hydrogens (primary N) is 1. The van der Waals surface area contributed by atoms with Gasteiger partial charge in [0.15, 0.2) is 0 Å². The largest absolute Gasteiger partial charge is 0.379 e. The second-order valence-electron chi connectivity index (χ2n) is 18.4. The maximum atomic E-state index is 13.4. The normalized spacial score (nSPS) is 17.9. The van der Waals surface area contributed by atoms with Gasteiger partial charge in [-0.15, -0.1) is 0 Å². The Labute approximate surface area is 439 Å². The highest BCUT2D eigenvalue weighted by Crippen LogP contribution is 2.32. The Hall–Kier alpha value is -5.65. The highest BCUT2D eigenvalue weighted by Gasteiger charge is 2.35. The summed E-state index contributed by atoms with van der Waals surface area (Å²) in [6, 6.07) is 10.8. The van der Waals surface area contributed by atoms with E-state index in [1.807, 2.05) is 18.8 Å². The van der Waals surface area contributed by atoms with E-state index in [1.165, 1.54) is 6.08 Å². The maximum absolute atomic E-state index is 13.4. The maximum Gasteiger partial charge on any atom is 0.253 e. The SMILES string of the molecule is C=CC(=O)N1CCC(c2ccc(C(N)=O)c(Nc3ccc(C(=O)N4CCN(C(=O)CCCCNC(=O)CCOCCOCCOCCOCCNC(=O)CCCCC5SCC(NC=O)C5NC)CC4)cc3)n2)CC1. The molecule has 0 radical (unpaired) electrons. The molecule has 0 bridgehead atoms. The second-order valence-corrected chi connectivity index (χ2v) is 19.6. The molecule has 1 aromatic carbocycles. The molecule has 0 aliphatic carbocycles. The highest BCUT2D eigenvalue weighted by atomic mass is 32.2. The van der Waals surface area contributed by atoms with Gasteiger partial charge in [-0.2, -0.15) is 11.8 Å². The molecule has 3 saturated heterocycles. The van der Waals surface area contributed by atoms with Crippen LogP contribution in [0.1, 0.15) is 96.5 Å². The van der Waals surface area contributed by atoms with Crippen LogP contribution in [0.4, 0.5) is 11.5 Å². The molecule has 1 aromatic heterocycles. The van der Waals surface area contributed by atoms with Crippen molar-refractivity contribution in [2.24, 2.45) is 5.73 Å². The number of benzene rings is 1. The Morgan fingerprint density at radius 2 is 1.35 bits per heavy atom. The Bertz CT molecular complexity index is 2100. The molecule has 3 aliphatic heterocycles. The summed E-state index contributed by atoms with van der Waals surface area (Å²) in [6.45, 7) is 10.4. The van der Waals surface area contributed by atoms with Gasteiger partial charge in [0.2, 0.25) is 30.0 Å². The van der Waals surface area contributed by atoms with Crippen LogP contribution in [0.3, 0.4) is 0 Å². The first-order valence-electron chi connectivity index (χ1n) is 26.0. The predicted molar refractivity (Wildman–Crippen MR) is 282 cm³/mol. The molecule has 5 rings (SSSR count). The van der Waals surface area contributed by atoms with Gasteiger partial charge in [0.25, 0.3) is 11.8 Å². The summed E-state index contributed by atoms with van der Waals surface area (Å²) in [5.41, 5.74) is 7.84. The van der Waals surface area contributed by atoms with Gasteiger partial charge in [0, 0.05) is 112 Å². The number of piperazine rings is 1. The lowest BCUT2D eigenvalue weighted by atomic mass is 9.92. The summed E-state index contributed by atoms with van der Waals surface area (Å²) in [6.07, 6.45) is 8.70. The zero-order valence-corrected chi connectivity index (χ0v) is 43.8. The number of hydrogen-bond acceptors (Lipinski definition) is 15. The number of primary amides is 1. The number of unbranched alkanes of at least 4 members (excludes halogenated alkanes) is 2. The summed E-state index contributed by atoms with van der Waals surface area (Å²) < 4.78 is 22.1. The number of likely N-dealkylation sites (N-methyl/N-ethyl adjacent to an activating group) is 1. The number of hydrogen-bond donors (Lipinski definition) is 6. The van der Waals surface area contributed by atoms with Gasteiger partial charge in [0.05, 0.1) is 64.5 Å². The van der Waals surface area contributed by atoms with Crippen molar-refractivity contribution in [1.29, 1.82) is 0 Å². The molecule has 3 atom stereocenters. The minimum atomic E-state index is -0.619. The number of likely N-dealkylation sites (tertiary alicyclic amines) is 1. The standard InChI is InChI=1S/C52H78N10O11S/c1-3-47(66)60-22-17-38(18-23-60)42-16-15-41(50(53)68)51(59-42)58-40-13-11-39(12-14-40)52(69)62-26-24-61(25-27-62)48(67)10-6-7-20-55-46(65)19-28-70-30-32-72-34-35-73-33-31-71-29-21-56-45(64)9-5-4-8-44-49(54-2)43(36-74-44)57-37-63/h3,11-16,37-38,43-44,49,54H,1,4-10,17-36H2,2H3,(H2,53,68)(H,55,65)(H,56,64)(H,57,63)(H,58,59). The first-order chi connectivity index (χ1) is 36.0. The van der Waals surface area contributed by atoms with Crippen LogP contribution in [0.2, 0.25) is 0 Å². The number of nitrogens with zero attached hydrogens (tertiary/aromatic N) is 4. The van der Waals surface area contributed by atoms with E-state index in [0.29, 0.717) is 147 Å². The molecule has 0 saturated carbocycles. The molecule has 408 valence electrons. The van der Waals surface area contributed by atoms with E-state index in [2.05, 4.69) is 33.2 Å². The van der Waals surface area contributed by atoms with Crippen molar-refractivity contribution in [3.05, 3.63) is 65.9 Å². The number of amides is 7. The van der Waals surface area contributed by atoms with Gasteiger partial charge in [-0.1, -0.05) is 13.0 Å². The smallest absolute Gasteiger partial charge is 0.253 e. The highest BCUT2D eigenvalue weighted by molar-refractivity contribution is 8.00. The summed E-state index contributed by atoms with van der Waals surface area (Å²) >= 11 is 1.87. The minimum Gasteiger partial charge on any atom is -0.379 e. The number of piperidine rings is 1. The van der Waals surface area contributed by atoms with Crippen LogP contribution in [0.5, 0.6) is 0 Å². The average Bonchev–Trinajstić information content (AvgIpc) is 3.81. The molecule has 74 heavy (non-hydrogen) atoms. The van der Waals surface area contributed by atoms with Crippen molar-refractivity contribution < 1.29 is 52.5 Å². The minimum absolute atomic E-state index is 0.0198. The quantitative estimate of drug-likeness (QED) is 0.0334. The molecule has 7 N–H and O–H groups in total. The Balaban J connectivity index is 0.806. The number of pyridine rings is 1. The van der Waals surface area contributed by atoms with E-state index in [1.54, 1.807) is 51.1 Å². The Kier molecular flexibility index (Phi) is 26.7. The number of carbonyl (C=O) groups excluding carboxylic acids is 7. The number of carbonyl (C=O) groups is 7. The van der Waals surface area contributed by atoms with Gasteiger partial charge in [-0.3, -0.25) is 33.6 Å². The third-order valence-corrected chi connectivity index (χ3v) is 14.8. The summed E-state index contributed by atoms with van der Waals surface area (Å²) in [4.78, 5) is 95.8. The Morgan fingerprint density at radius 3 is 2.00 bits per heavy atom. The van der Waals surface area contributed by atoms with Crippen molar-refractivity contribution in [3.8, 4) is 0 Å². The topological polar surface area (TPSA) is 265 Å². The monoisotopic (exact) mass is 1050 g/mol. The van der Waals surface area contributed by atoms with E-state index in [0.717, 1.165) is 50.0 Å². The van der Waals surface area contributed by atoms with Gasteiger partial charge in [-0.05, 0) is 88.0 Å². The summed E-state index contributed by atoms with van der Waals surface area (Å²) in [7, 11) is 1.92. The summed E-state index contributed by atoms with van der Waals surface area (Å²) in [5, 5.41) is 15.6. The van der Waals surface area contributed by atoms with E-state index in [-0.39, 0.29) is 66.1 Å². The lowest BCUT2D eigenvalue weighted by Gasteiger charge is -2.35. The van der Waals surface area contributed by atoms with E-state index < -0.39 is 5.91 Å². The van der Waals surface area contributed by atoms with E-state index in [9.17, 15) is 33.6 Å². The fraction of sp³-hybridized carbons (Fsp3) is 0.615. The van der Waals surface area contributed by atoms with Crippen LogP contribution in [0, 0.1) is 0 Å². The molecular formula is C52H78N10O11S. The first kappa shape index (κ1) is 59.2. The number of rotatable bonds is 34. The molecule has 2 aromatic rings. The van der Waals surface area contributed by atoms with Crippen LogP contribution in [0.15, 0.2) is 49.1 Å². The van der Waals surface area contributed by atoms with Gasteiger partial charge >= 0.3 is 0 Å². The number of anilines is 2. The molecule has 21 nitrogen and oxygen atoms in total. The first-order valence-corrected chi connectivity index (χ1v) is 27.0. The van der Waals surface area contributed by atoms with Crippen molar-refractivity contribution in [2.45, 2.75) is 87.5 Å². The van der Waals surface area contributed by atoms with Crippen molar-refractivity contribution in [1.82, 2.24) is 41.0 Å². The molecule has 0 spiro atoms. The van der Waals surface area contributed by atoms with Crippen LogP contribution in [-0.4, -0.2) is 197 Å². The van der Waals surface area contributed by atoms with Crippen LogP contribution >= 0.6 is 11.8 Å². The molecule has 3 fully saturated rings. The second kappa shape index (κ2) is 33.3. The molecular weight excluding hydrogens is 973 g/mol. The van der Waals surface area contributed by atoms with Gasteiger partial charge in [0.1, 0.15) is 5.82 Å². The van der Waals surface area contributed by atoms with Crippen LogP contribution in [0.25, 0.3) is 0 Å². The zero-order valence-electron chi connectivity index (χ0n) is 43.0. The average molecular weight is 1050 g/mol. The van der Waals surface area contributed by atoms with Gasteiger partial charge < -0.3 is 66.0 Å². The van der Waals surface area contributed by atoms with Crippen LogP contribution < -0.4 is 32.3 Å². The molecule has 22 heteroatoms. The van der Waals surface area contributed by atoms with Crippen LogP contribution in [-0.2, 0) is 42.9 Å². The fourth-order valence-corrected chi connectivity index (χ4v) is 10.7. The van der Waals surface area contributed by atoms with E-state index >= 15 is 0 Å². The summed E-state index contributed by atoms with van der Waals surface area (Å²) in [5.74, 6) is 0.420. The van der Waals surface area contributed by atoms with Crippen molar-refractivity contribution >= 4 is 65.1 Å². The zero-order chi connectivity index (χ0) is 52.9. The number of aromatic nitrogens is 1. The van der Waals surface area contributed by atoms with Crippen molar-refractivity contribution in [3.63, 3.8) is 0 Å². The lowest BCUT2D eigenvalue weighted by Crippen LogP contribution is -2.50. The lowest BCUT2D eigenvalue weighted by molar-refractivity contribution is -0.132. The van der Waals surface area contributed by atoms with Crippen molar-refractivity contribution in [2.75, 3.05) is 123 Å². The molecule has 3 aliphatic rings. The molecule has 3 unspecified atom stereocenters. The number of thioether (sulfide) groups is 1.